The molecule has 1 heterocycles. The molecule has 0 radical (unpaired) electrons. The second-order valence-corrected chi connectivity index (χ2v) is 5.57. The van der Waals surface area contributed by atoms with E-state index in [4.69, 9.17) is 5.11 Å². The molecule has 118 valence electrons. The fourth-order valence-electron chi connectivity index (χ4n) is 2.60. The quantitative estimate of drug-likeness (QED) is 0.799. The minimum absolute atomic E-state index is 0.00577. The zero-order valence-corrected chi connectivity index (χ0v) is 12.8. The minimum atomic E-state index is -0.874. The van der Waals surface area contributed by atoms with Crippen molar-refractivity contribution < 1.29 is 19.5 Å². The summed E-state index contributed by atoms with van der Waals surface area (Å²) in [5.41, 5.74) is 2.49. The number of hydrogen-bond acceptors (Lipinski definition) is 4. The van der Waals surface area contributed by atoms with Crippen molar-refractivity contribution in [3.8, 4) is 0 Å². The van der Waals surface area contributed by atoms with E-state index < -0.39 is 5.97 Å². The van der Waals surface area contributed by atoms with E-state index in [1.165, 1.54) is 6.92 Å². The van der Waals surface area contributed by atoms with Crippen LogP contribution in [0.4, 0.5) is 5.69 Å². The average molecular weight is 304 g/mol. The summed E-state index contributed by atoms with van der Waals surface area (Å²) in [5.74, 6) is -0.913. The summed E-state index contributed by atoms with van der Waals surface area (Å²) in [4.78, 5) is 37.7. The van der Waals surface area contributed by atoms with Gasteiger partial charge in [0.05, 0.1) is 13.0 Å². The van der Waals surface area contributed by atoms with Crippen LogP contribution >= 0.6 is 0 Å². The molecule has 0 fully saturated rings. The molecular formula is C16H20N2O4. The SMILES string of the molecule is CC(=O)N1CCc2cc(C(=O)CN(C)CCC(=O)O)ccc21. The van der Waals surface area contributed by atoms with Gasteiger partial charge in [0, 0.05) is 31.3 Å². The first kappa shape index (κ1) is 16.2. The summed E-state index contributed by atoms with van der Waals surface area (Å²) in [6.07, 6.45) is 0.770. The van der Waals surface area contributed by atoms with Crippen LogP contribution in [0.1, 0.15) is 29.3 Å². The Morgan fingerprint density at radius 3 is 2.68 bits per heavy atom. The predicted molar refractivity (Wildman–Crippen MR) is 82.3 cm³/mol. The molecule has 0 bridgehead atoms. The second-order valence-electron chi connectivity index (χ2n) is 5.57. The highest BCUT2D eigenvalue weighted by atomic mass is 16.4. The van der Waals surface area contributed by atoms with Crippen LogP contribution in [-0.2, 0) is 16.0 Å². The van der Waals surface area contributed by atoms with E-state index in [1.807, 2.05) is 12.1 Å². The number of anilines is 1. The number of nitrogens with zero attached hydrogens (tertiary/aromatic N) is 2. The Morgan fingerprint density at radius 2 is 2.05 bits per heavy atom. The topological polar surface area (TPSA) is 77.9 Å². The van der Waals surface area contributed by atoms with Crippen molar-refractivity contribution in [2.45, 2.75) is 19.8 Å². The van der Waals surface area contributed by atoms with Crippen molar-refractivity contribution in [2.24, 2.45) is 0 Å². The molecule has 1 aromatic carbocycles. The van der Waals surface area contributed by atoms with E-state index in [2.05, 4.69) is 0 Å². The highest BCUT2D eigenvalue weighted by Gasteiger charge is 2.23. The highest BCUT2D eigenvalue weighted by molar-refractivity contribution is 6.00. The van der Waals surface area contributed by atoms with Crippen molar-refractivity contribution in [1.82, 2.24) is 4.90 Å². The fourth-order valence-corrected chi connectivity index (χ4v) is 2.60. The predicted octanol–water partition coefficient (Wildman–Crippen LogP) is 1.18. The summed E-state index contributed by atoms with van der Waals surface area (Å²) in [5, 5.41) is 8.65. The van der Waals surface area contributed by atoms with E-state index in [0.29, 0.717) is 18.7 Å². The Labute approximate surface area is 129 Å². The lowest BCUT2D eigenvalue weighted by Gasteiger charge is -2.16. The van der Waals surface area contributed by atoms with E-state index in [1.54, 1.807) is 22.9 Å². The van der Waals surface area contributed by atoms with Gasteiger partial charge in [0.2, 0.25) is 5.91 Å². The van der Waals surface area contributed by atoms with E-state index in [-0.39, 0.29) is 24.7 Å². The summed E-state index contributed by atoms with van der Waals surface area (Å²) >= 11 is 0. The average Bonchev–Trinajstić information content (AvgIpc) is 2.88. The van der Waals surface area contributed by atoms with E-state index in [0.717, 1.165) is 17.7 Å². The first-order valence-electron chi connectivity index (χ1n) is 7.23. The number of Topliss-reactive ketones (excluding diaryl/α,β-unsaturated/α-hetero) is 1. The number of likely N-dealkylation sites (N-methyl/N-ethyl adjacent to an activating group) is 1. The number of hydrogen-bond donors (Lipinski definition) is 1. The van der Waals surface area contributed by atoms with Gasteiger partial charge in [-0.2, -0.15) is 0 Å². The zero-order valence-electron chi connectivity index (χ0n) is 12.8. The molecule has 0 aliphatic carbocycles. The fraction of sp³-hybridized carbons (Fsp3) is 0.438. The lowest BCUT2D eigenvalue weighted by Crippen LogP contribution is -2.28. The van der Waals surface area contributed by atoms with Gasteiger partial charge in [0.25, 0.3) is 0 Å². The van der Waals surface area contributed by atoms with Crippen LogP contribution in [0.3, 0.4) is 0 Å². The van der Waals surface area contributed by atoms with Gasteiger partial charge in [0.1, 0.15) is 0 Å². The lowest BCUT2D eigenvalue weighted by atomic mass is 10.0. The number of rotatable bonds is 6. The summed E-state index contributed by atoms with van der Waals surface area (Å²) in [7, 11) is 1.73. The summed E-state index contributed by atoms with van der Waals surface area (Å²) < 4.78 is 0. The van der Waals surface area contributed by atoms with Crippen molar-refractivity contribution in [3.63, 3.8) is 0 Å². The lowest BCUT2D eigenvalue weighted by molar-refractivity contribution is -0.137. The van der Waals surface area contributed by atoms with E-state index >= 15 is 0 Å². The molecule has 0 unspecified atom stereocenters. The summed E-state index contributed by atoms with van der Waals surface area (Å²) in [6, 6.07) is 5.38. The third-order valence-corrected chi connectivity index (χ3v) is 3.80. The maximum absolute atomic E-state index is 12.2. The normalized spacial score (nSPS) is 13.3. The molecule has 22 heavy (non-hydrogen) atoms. The molecule has 1 aliphatic rings. The Kier molecular flexibility index (Phi) is 4.92. The Bertz CT molecular complexity index is 612. The first-order chi connectivity index (χ1) is 10.4. The van der Waals surface area contributed by atoms with Crippen molar-refractivity contribution in [1.29, 1.82) is 0 Å². The van der Waals surface area contributed by atoms with Gasteiger partial charge in [0.15, 0.2) is 5.78 Å². The van der Waals surface area contributed by atoms with Gasteiger partial charge in [-0.3, -0.25) is 19.3 Å². The molecule has 0 atom stereocenters. The number of carbonyl (C=O) groups excluding carboxylic acids is 2. The number of amides is 1. The van der Waals surface area contributed by atoms with Crippen LogP contribution in [0.15, 0.2) is 18.2 Å². The Balaban J connectivity index is 2.03. The molecule has 0 saturated carbocycles. The number of carboxylic acids is 1. The Hall–Kier alpha value is -2.21. The number of carboxylic acid groups (broad SMARTS) is 1. The van der Waals surface area contributed by atoms with Crippen LogP contribution in [0.5, 0.6) is 0 Å². The van der Waals surface area contributed by atoms with Crippen LogP contribution in [0.2, 0.25) is 0 Å². The van der Waals surface area contributed by atoms with Crippen LogP contribution < -0.4 is 4.90 Å². The van der Waals surface area contributed by atoms with Crippen molar-refractivity contribution in [2.75, 3.05) is 31.6 Å². The van der Waals surface area contributed by atoms with Crippen LogP contribution in [0, 0.1) is 0 Å². The molecule has 1 amide bonds. The van der Waals surface area contributed by atoms with Crippen LogP contribution in [0.25, 0.3) is 0 Å². The van der Waals surface area contributed by atoms with Gasteiger partial charge < -0.3 is 10.0 Å². The minimum Gasteiger partial charge on any atom is -0.481 e. The molecular weight excluding hydrogens is 284 g/mol. The number of fused-ring (bicyclic) bond motifs is 1. The van der Waals surface area contributed by atoms with Gasteiger partial charge in [-0.05, 0) is 37.2 Å². The molecule has 0 aromatic heterocycles. The third-order valence-electron chi connectivity index (χ3n) is 3.80. The van der Waals surface area contributed by atoms with Gasteiger partial charge in [-0.15, -0.1) is 0 Å². The molecule has 6 heteroatoms. The first-order valence-corrected chi connectivity index (χ1v) is 7.23. The largest absolute Gasteiger partial charge is 0.481 e. The molecule has 1 aromatic rings. The van der Waals surface area contributed by atoms with Crippen molar-refractivity contribution in [3.05, 3.63) is 29.3 Å². The Morgan fingerprint density at radius 1 is 1.32 bits per heavy atom. The van der Waals surface area contributed by atoms with Crippen LogP contribution in [-0.4, -0.2) is 54.3 Å². The molecule has 0 saturated heterocycles. The number of aliphatic carboxylic acids is 1. The van der Waals surface area contributed by atoms with Crippen molar-refractivity contribution >= 4 is 23.3 Å². The molecule has 1 N–H and O–H groups in total. The maximum Gasteiger partial charge on any atom is 0.304 e. The molecule has 2 rings (SSSR count). The second kappa shape index (κ2) is 6.70. The third kappa shape index (κ3) is 3.71. The van der Waals surface area contributed by atoms with E-state index in [9.17, 15) is 14.4 Å². The standard InChI is InChI=1S/C16H20N2O4/c1-11(19)18-8-5-12-9-13(3-4-14(12)18)15(20)10-17(2)7-6-16(21)22/h3-4,9H,5-8,10H2,1-2H3,(H,21,22). The number of ketones is 1. The molecule has 1 aliphatic heterocycles. The zero-order chi connectivity index (χ0) is 16.3. The number of benzene rings is 1. The smallest absolute Gasteiger partial charge is 0.304 e. The molecule has 0 spiro atoms. The maximum atomic E-state index is 12.2. The molecule has 6 nitrogen and oxygen atoms in total. The van der Waals surface area contributed by atoms with Gasteiger partial charge in [-0.1, -0.05) is 0 Å². The van der Waals surface area contributed by atoms with Gasteiger partial charge in [-0.25, -0.2) is 0 Å². The summed E-state index contributed by atoms with van der Waals surface area (Å²) in [6.45, 7) is 2.71. The highest BCUT2D eigenvalue weighted by Crippen LogP contribution is 2.29. The number of carbonyl (C=O) groups is 3. The van der Waals surface area contributed by atoms with Gasteiger partial charge >= 0.3 is 5.97 Å². The monoisotopic (exact) mass is 304 g/mol.